The maximum atomic E-state index is 12.6. The Morgan fingerprint density at radius 2 is 2.00 bits per heavy atom. The molecule has 6 nitrogen and oxygen atoms in total. The summed E-state index contributed by atoms with van der Waals surface area (Å²) in [6, 6.07) is 7.96. The maximum Gasteiger partial charge on any atom is 0.321 e. The molecule has 1 saturated heterocycles. The smallest absolute Gasteiger partial charge is 0.321 e. The van der Waals surface area contributed by atoms with Crippen LogP contribution >= 0.6 is 11.6 Å². The molecule has 2 aromatic rings. The number of amides is 2. The first kappa shape index (κ1) is 17.5. The van der Waals surface area contributed by atoms with Crippen LogP contribution in [0.4, 0.5) is 16.3 Å². The molecule has 0 radical (unpaired) electrons. The Morgan fingerprint density at radius 1 is 1.24 bits per heavy atom. The highest BCUT2D eigenvalue weighted by Gasteiger charge is 2.22. The van der Waals surface area contributed by atoms with E-state index in [1.807, 2.05) is 30.0 Å². The van der Waals surface area contributed by atoms with Gasteiger partial charge in [-0.15, -0.1) is 0 Å². The quantitative estimate of drug-likeness (QED) is 0.854. The first-order chi connectivity index (χ1) is 12.1. The number of hydrogen-bond acceptors (Lipinski definition) is 4. The van der Waals surface area contributed by atoms with Crippen LogP contribution < -0.4 is 10.2 Å². The Morgan fingerprint density at radius 3 is 2.68 bits per heavy atom. The Labute approximate surface area is 152 Å². The van der Waals surface area contributed by atoms with Crippen LogP contribution in [0.2, 0.25) is 5.28 Å². The minimum absolute atomic E-state index is 0.0586. The number of halogens is 1. The number of nitrogens with one attached hydrogen (secondary N) is 1. The topological polar surface area (TPSA) is 61.4 Å². The number of hydrogen-bond donors (Lipinski definition) is 1. The summed E-state index contributed by atoms with van der Waals surface area (Å²) in [5, 5.41) is 3.28. The van der Waals surface area contributed by atoms with Gasteiger partial charge in [0.1, 0.15) is 5.82 Å². The average molecular weight is 360 g/mol. The van der Waals surface area contributed by atoms with E-state index in [0.29, 0.717) is 13.1 Å². The third-order valence-corrected chi connectivity index (χ3v) is 4.64. The predicted octanol–water partition coefficient (Wildman–Crippen LogP) is 3.35. The van der Waals surface area contributed by atoms with Crippen molar-refractivity contribution in [3.05, 3.63) is 46.9 Å². The van der Waals surface area contributed by atoms with E-state index in [1.165, 1.54) is 5.56 Å². The number of urea groups is 1. The summed E-state index contributed by atoms with van der Waals surface area (Å²) in [5.41, 5.74) is 3.17. The highest BCUT2D eigenvalue weighted by Crippen LogP contribution is 2.19. The van der Waals surface area contributed by atoms with Crippen LogP contribution in [0.1, 0.15) is 18.1 Å². The summed E-state index contributed by atoms with van der Waals surface area (Å²) in [7, 11) is 0. The van der Waals surface area contributed by atoms with Crippen molar-refractivity contribution in [3.63, 3.8) is 0 Å². The van der Waals surface area contributed by atoms with Crippen molar-refractivity contribution < 1.29 is 4.79 Å². The van der Waals surface area contributed by atoms with Crippen LogP contribution in [-0.2, 0) is 6.42 Å². The lowest BCUT2D eigenvalue weighted by molar-refractivity contribution is 0.208. The van der Waals surface area contributed by atoms with Crippen molar-refractivity contribution >= 4 is 29.1 Å². The number of benzene rings is 1. The van der Waals surface area contributed by atoms with Gasteiger partial charge in [-0.2, -0.15) is 0 Å². The van der Waals surface area contributed by atoms with Gasteiger partial charge in [0, 0.05) is 38.1 Å². The van der Waals surface area contributed by atoms with E-state index < -0.39 is 0 Å². The molecular formula is C18H22ClN5O. The van der Waals surface area contributed by atoms with Gasteiger partial charge in [-0.1, -0.05) is 19.1 Å². The summed E-state index contributed by atoms with van der Waals surface area (Å²) >= 11 is 5.85. The van der Waals surface area contributed by atoms with Gasteiger partial charge in [-0.3, -0.25) is 0 Å². The van der Waals surface area contributed by atoms with Crippen molar-refractivity contribution in [1.82, 2.24) is 14.9 Å². The van der Waals surface area contributed by atoms with Crippen molar-refractivity contribution in [1.29, 1.82) is 0 Å². The normalized spacial score (nSPS) is 14.5. The van der Waals surface area contributed by atoms with Crippen LogP contribution in [0.5, 0.6) is 0 Å². The first-order valence-electron chi connectivity index (χ1n) is 8.45. The van der Waals surface area contributed by atoms with Gasteiger partial charge >= 0.3 is 6.03 Å². The molecule has 1 aromatic heterocycles. The van der Waals surface area contributed by atoms with E-state index in [1.54, 1.807) is 6.20 Å². The van der Waals surface area contributed by atoms with Crippen LogP contribution in [0, 0.1) is 6.92 Å². The number of nitrogens with zero attached hydrogens (tertiary/aromatic N) is 4. The van der Waals surface area contributed by atoms with E-state index >= 15 is 0 Å². The van der Waals surface area contributed by atoms with E-state index in [-0.39, 0.29) is 11.3 Å². The molecule has 0 unspecified atom stereocenters. The van der Waals surface area contributed by atoms with Gasteiger partial charge in [0.05, 0.1) is 0 Å². The molecule has 1 aromatic carbocycles. The molecular weight excluding hydrogens is 338 g/mol. The lowest BCUT2D eigenvalue weighted by Gasteiger charge is -2.35. The van der Waals surface area contributed by atoms with Gasteiger partial charge in [0.15, 0.2) is 0 Å². The summed E-state index contributed by atoms with van der Waals surface area (Å²) in [4.78, 5) is 24.6. The van der Waals surface area contributed by atoms with Crippen LogP contribution in [-0.4, -0.2) is 47.1 Å². The van der Waals surface area contributed by atoms with Gasteiger partial charge in [0.2, 0.25) is 5.28 Å². The second-order valence-electron chi connectivity index (χ2n) is 6.09. The molecule has 3 rings (SSSR count). The SMILES string of the molecule is CCc1ccc(C)c(NC(=O)N2CCN(c3ccnc(Cl)n3)CC2)c1. The molecule has 0 atom stereocenters. The van der Waals surface area contributed by atoms with Gasteiger partial charge < -0.3 is 15.1 Å². The van der Waals surface area contributed by atoms with Gasteiger partial charge in [-0.05, 0) is 48.2 Å². The van der Waals surface area contributed by atoms with E-state index in [0.717, 1.165) is 36.6 Å². The number of carbonyl (C=O) groups excluding carboxylic acids is 1. The number of aryl methyl sites for hydroxylation is 2. The molecule has 0 saturated carbocycles. The summed E-state index contributed by atoms with van der Waals surface area (Å²) in [6.07, 6.45) is 2.59. The maximum absolute atomic E-state index is 12.6. The number of carbonyl (C=O) groups is 1. The monoisotopic (exact) mass is 359 g/mol. The standard InChI is InChI=1S/C18H22ClN5O/c1-3-14-5-4-13(2)15(12-14)21-18(25)24-10-8-23(9-11-24)16-6-7-20-17(19)22-16/h4-7,12H,3,8-11H2,1-2H3,(H,21,25). The average Bonchev–Trinajstić information content (AvgIpc) is 2.63. The summed E-state index contributed by atoms with van der Waals surface area (Å²) in [6.45, 7) is 6.82. The zero-order valence-corrected chi connectivity index (χ0v) is 15.3. The second-order valence-corrected chi connectivity index (χ2v) is 6.43. The molecule has 1 fully saturated rings. The molecule has 1 aliphatic rings. The van der Waals surface area contributed by atoms with Crippen molar-refractivity contribution in [2.45, 2.75) is 20.3 Å². The molecule has 0 aliphatic carbocycles. The Kier molecular flexibility index (Phi) is 5.38. The van der Waals surface area contributed by atoms with Crippen molar-refractivity contribution in [2.75, 3.05) is 36.4 Å². The fourth-order valence-electron chi connectivity index (χ4n) is 2.86. The van der Waals surface area contributed by atoms with Gasteiger partial charge in [0.25, 0.3) is 0 Å². The van der Waals surface area contributed by atoms with Crippen molar-refractivity contribution in [2.24, 2.45) is 0 Å². The number of rotatable bonds is 3. The molecule has 7 heteroatoms. The van der Waals surface area contributed by atoms with Crippen LogP contribution in [0.25, 0.3) is 0 Å². The third-order valence-electron chi connectivity index (χ3n) is 4.45. The zero-order valence-electron chi connectivity index (χ0n) is 14.5. The number of anilines is 2. The third kappa shape index (κ3) is 4.20. The molecule has 25 heavy (non-hydrogen) atoms. The fraction of sp³-hybridized carbons (Fsp3) is 0.389. The zero-order chi connectivity index (χ0) is 17.8. The largest absolute Gasteiger partial charge is 0.353 e. The molecule has 2 heterocycles. The Bertz CT molecular complexity index is 759. The molecule has 0 bridgehead atoms. The van der Waals surface area contributed by atoms with E-state index in [9.17, 15) is 4.79 Å². The predicted molar refractivity (Wildman–Crippen MR) is 100 cm³/mol. The number of aromatic nitrogens is 2. The van der Waals surface area contributed by atoms with E-state index in [4.69, 9.17) is 11.6 Å². The molecule has 1 N–H and O–H groups in total. The highest BCUT2D eigenvalue weighted by molar-refractivity contribution is 6.28. The van der Waals surface area contributed by atoms with E-state index in [2.05, 4.69) is 33.2 Å². The summed E-state index contributed by atoms with van der Waals surface area (Å²) < 4.78 is 0. The van der Waals surface area contributed by atoms with Crippen LogP contribution in [0.3, 0.4) is 0 Å². The molecule has 1 aliphatic heterocycles. The van der Waals surface area contributed by atoms with Crippen LogP contribution in [0.15, 0.2) is 30.5 Å². The lowest BCUT2D eigenvalue weighted by Crippen LogP contribution is -2.50. The van der Waals surface area contributed by atoms with Gasteiger partial charge in [-0.25, -0.2) is 14.8 Å². The molecule has 132 valence electrons. The highest BCUT2D eigenvalue weighted by atomic mass is 35.5. The number of piperazine rings is 1. The lowest BCUT2D eigenvalue weighted by atomic mass is 10.1. The minimum Gasteiger partial charge on any atom is -0.353 e. The minimum atomic E-state index is -0.0586. The summed E-state index contributed by atoms with van der Waals surface area (Å²) in [5.74, 6) is 0.798. The fourth-order valence-corrected chi connectivity index (χ4v) is 3.00. The first-order valence-corrected chi connectivity index (χ1v) is 8.83. The Balaban J connectivity index is 1.60. The molecule has 2 amide bonds. The molecule has 0 spiro atoms. The Hall–Kier alpha value is -2.34. The second kappa shape index (κ2) is 7.70. The van der Waals surface area contributed by atoms with Crippen molar-refractivity contribution in [3.8, 4) is 0 Å².